The van der Waals surface area contributed by atoms with E-state index in [-0.39, 0.29) is 11.3 Å². The average Bonchev–Trinajstić information content (AvgIpc) is 3.04. The summed E-state index contributed by atoms with van der Waals surface area (Å²) in [4.78, 5) is 23.3. The number of carbonyl (C=O) groups excluding carboxylic acids is 1. The summed E-state index contributed by atoms with van der Waals surface area (Å²) in [6.07, 6.45) is 1.01. The molecule has 1 unspecified atom stereocenters. The monoisotopic (exact) mass is 366 g/mol. The smallest absolute Gasteiger partial charge is 0.218 e. The highest BCUT2D eigenvalue weighted by Gasteiger charge is 2.48. The number of hydrogen-bond donors (Lipinski definition) is 1. The molecule has 1 fully saturated rings. The van der Waals surface area contributed by atoms with Crippen LogP contribution in [0.3, 0.4) is 0 Å². The summed E-state index contributed by atoms with van der Waals surface area (Å²) in [5, 5.41) is 5.55. The van der Waals surface area contributed by atoms with Crippen molar-refractivity contribution in [3.05, 3.63) is 20.8 Å². The van der Waals surface area contributed by atoms with Crippen molar-refractivity contribution in [1.29, 1.82) is 0 Å². The van der Waals surface area contributed by atoms with E-state index in [1.165, 1.54) is 12.7 Å². The molecule has 0 aliphatic carbocycles. The third-order valence-corrected chi connectivity index (χ3v) is 6.00. The third kappa shape index (κ3) is 2.44. The maximum Gasteiger partial charge on any atom is 0.218 e. The molecule has 2 aliphatic rings. The molecule has 0 radical (unpaired) electrons. The van der Waals surface area contributed by atoms with Crippen molar-refractivity contribution in [2.75, 3.05) is 13.6 Å². The van der Waals surface area contributed by atoms with Crippen LogP contribution in [0.2, 0.25) is 0 Å². The lowest BCUT2D eigenvalue weighted by Gasteiger charge is -2.45. The molecule has 0 bridgehead atoms. The van der Waals surface area contributed by atoms with Gasteiger partial charge in [-0.2, -0.15) is 4.99 Å². The number of carbonyl (C=O) groups is 1. The summed E-state index contributed by atoms with van der Waals surface area (Å²) in [5.41, 5.74) is -0.285. The molecule has 2 atom stereocenters. The van der Waals surface area contributed by atoms with Crippen molar-refractivity contribution in [1.82, 2.24) is 10.2 Å². The number of nitrogens with one attached hydrogen (secondary N) is 1. The second-order valence-electron chi connectivity index (χ2n) is 5.55. The molecule has 3 heterocycles. The van der Waals surface area contributed by atoms with E-state index in [2.05, 4.69) is 49.6 Å². The van der Waals surface area contributed by atoms with E-state index in [1.54, 1.807) is 11.3 Å². The van der Waals surface area contributed by atoms with Crippen molar-refractivity contribution in [2.45, 2.75) is 18.9 Å². The van der Waals surface area contributed by atoms with E-state index in [9.17, 15) is 4.79 Å². The van der Waals surface area contributed by atoms with Crippen molar-refractivity contribution in [3.8, 4) is 0 Å². The van der Waals surface area contributed by atoms with Gasteiger partial charge in [-0.1, -0.05) is 0 Å². The first-order valence-electron chi connectivity index (χ1n) is 6.82. The first-order valence-corrected chi connectivity index (χ1v) is 8.49. The van der Waals surface area contributed by atoms with Crippen LogP contribution in [0, 0.1) is 5.92 Å². The maximum absolute atomic E-state index is 11.4. The van der Waals surface area contributed by atoms with Crippen molar-refractivity contribution < 1.29 is 4.79 Å². The predicted molar refractivity (Wildman–Crippen MR) is 92.1 cm³/mol. The third-order valence-electron chi connectivity index (χ3n) is 4.08. The fraction of sp³-hybridized carbons (Fsp3) is 0.462. The number of nitrogens with zero attached hydrogens (tertiary/aromatic N) is 3. The SMILES string of the molecule is BC(=O)/N=C1\N[C@](C)(c2cc(Br)cs2)C2CCN=C2N1C. The van der Waals surface area contributed by atoms with E-state index in [1.807, 2.05) is 11.9 Å². The topological polar surface area (TPSA) is 57.1 Å². The number of thiophene rings is 1. The Morgan fingerprint density at radius 1 is 1.71 bits per heavy atom. The minimum Gasteiger partial charge on any atom is -0.345 e. The van der Waals surface area contributed by atoms with Gasteiger partial charge in [-0.3, -0.25) is 9.79 Å². The van der Waals surface area contributed by atoms with Crippen LogP contribution >= 0.6 is 27.3 Å². The van der Waals surface area contributed by atoms with Gasteiger partial charge in [-0.15, -0.1) is 11.3 Å². The van der Waals surface area contributed by atoms with Gasteiger partial charge in [0.25, 0.3) is 0 Å². The van der Waals surface area contributed by atoms with E-state index >= 15 is 0 Å². The molecule has 3 rings (SSSR count). The summed E-state index contributed by atoms with van der Waals surface area (Å²) >= 11 is 5.22. The Kier molecular flexibility index (Phi) is 3.69. The Morgan fingerprint density at radius 3 is 3.10 bits per heavy atom. The molecule has 1 N–H and O–H groups in total. The summed E-state index contributed by atoms with van der Waals surface area (Å²) < 4.78 is 1.07. The number of hydrogen-bond acceptors (Lipinski definition) is 3. The highest BCUT2D eigenvalue weighted by atomic mass is 79.9. The Balaban J connectivity index is 2.08. The zero-order valence-electron chi connectivity index (χ0n) is 12.2. The molecule has 1 aromatic rings. The molecule has 2 aliphatic heterocycles. The number of aliphatic imine (C=N–C) groups is 2. The Bertz CT molecular complexity index is 658. The fourth-order valence-corrected chi connectivity index (χ4v) is 4.62. The van der Waals surface area contributed by atoms with Crippen LogP contribution in [0.25, 0.3) is 0 Å². The molecular formula is C13H16BBrN4OS. The highest BCUT2D eigenvalue weighted by molar-refractivity contribution is 9.10. The molecule has 8 heteroatoms. The molecule has 1 amide bonds. The quantitative estimate of drug-likeness (QED) is 0.771. The minimum absolute atomic E-state index is 0.212. The van der Waals surface area contributed by atoms with Gasteiger partial charge in [0.05, 0.1) is 5.54 Å². The van der Waals surface area contributed by atoms with Gasteiger partial charge < -0.3 is 10.2 Å². The zero-order chi connectivity index (χ0) is 15.2. The molecule has 1 saturated heterocycles. The van der Waals surface area contributed by atoms with E-state index in [4.69, 9.17) is 0 Å². The first-order chi connectivity index (χ1) is 9.91. The largest absolute Gasteiger partial charge is 0.345 e. The fourth-order valence-electron chi connectivity index (χ4n) is 3.02. The number of guanidine groups is 1. The maximum atomic E-state index is 11.4. The van der Waals surface area contributed by atoms with Crippen molar-refractivity contribution in [3.63, 3.8) is 0 Å². The molecule has 0 aromatic carbocycles. The van der Waals surface area contributed by atoms with Gasteiger partial charge in [-0.05, 0) is 35.3 Å². The molecule has 1 aromatic heterocycles. The number of halogens is 1. The lowest BCUT2D eigenvalue weighted by atomic mass is 9.80. The lowest BCUT2D eigenvalue weighted by molar-refractivity contribution is 0.265. The van der Waals surface area contributed by atoms with Gasteiger partial charge in [-0.25, -0.2) is 0 Å². The van der Waals surface area contributed by atoms with Gasteiger partial charge in [0, 0.05) is 34.2 Å². The van der Waals surface area contributed by atoms with E-state index in [0.29, 0.717) is 11.9 Å². The molecule has 110 valence electrons. The van der Waals surface area contributed by atoms with Crippen LogP contribution < -0.4 is 5.32 Å². The van der Waals surface area contributed by atoms with Crippen LogP contribution in [0.1, 0.15) is 18.2 Å². The molecule has 0 spiro atoms. The molecular weight excluding hydrogens is 351 g/mol. The van der Waals surface area contributed by atoms with Gasteiger partial charge in [0.1, 0.15) is 5.84 Å². The van der Waals surface area contributed by atoms with Crippen LogP contribution in [0.4, 0.5) is 4.79 Å². The van der Waals surface area contributed by atoms with Crippen LogP contribution in [-0.4, -0.2) is 43.9 Å². The van der Waals surface area contributed by atoms with Crippen molar-refractivity contribution in [2.24, 2.45) is 15.9 Å². The zero-order valence-corrected chi connectivity index (χ0v) is 14.6. The Labute approximate surface area is 137 Å². The molecule has 0 saturated carbocycles. The van der Waals surface area contributed by atoms with Crippen molar-refractivity contribution >= 4 is 52.7 Å². The minimum atomic E-state index is -0.285. The van der Waals surface area contributed by atoms with E-state index < -0.39 is 0 Å². The number of amidine groups is 1. The van der Waals surface area contributed by atoms with Crippen LogP contribution in [-0.2, 0) is 5.54 Å². The van der Waals surface area contributed by atoms with Gasteiger partial charge in [0.2, 0.25) is 13.8 Å². The summed E-state index contributed by atoms with van der Waals surface area (Å²) in [6.45, 7) is 2.99. The van der Waals surface area contributed by atoms with E-state index in [0.717, 1.165) is 23.3 Å². The second kappa shape index (κ2) is 5.24. The predicted octanol–water partition coefficient (Wildman–Crippen LogP) is 1.79. The molecule has 21 heavy (non-hydrogen) atoms. The summed E-state index contributed by atoms with van der Waals surface area (Å²) in [5.74, 6) is 1.67. The number of fused-ring (bicyclic) bond motifs is 1. The standard InChI is InChI=1S/C13H16BBrN4OS/c1-13(9-5-7(15)6-21-9)8-3-4-16-10(8)19(2)12(18-13)17-11(14)20/h5-6,8H,3-4,14H2,1-2H3,(H,17,18,20)/t8?,13-/m0/s1. The van der Waals surface area contributed by atoms with Crippen LogP contribution in [0.15, 0.2) is 25.9 Å². The number of rotatable bonds is 1. The Morgan fingerprint density at radius 2 is 2.48 bits per heavy atom. The summed E-state index contributed by atoms with van der Waals surface area (Å²) in [7, 11) is 3.37. The molecule has 5 nitrogen and oxygen atoms in total. The Hall–Kier alpha value is -1.15. The number of amides is 1. The highest BCUT2D eigenvalue weighted by Crippen LogP contribution is 2.42. The van der Waals surface area contributed by atoms with Gasteiger partial charge in [0.15, 0.2) is 5.81 Å². The van der Waals surface area contributed by atoms with Crippen LogP contribution in [0.5, 0.6) is 0 Å². The normalized spacial score (nSPS) is 30.0. The van der Waals surface area contributed by atoms with Gasteiger partial charge >= 0.3 is 0 Å². The average molecular weight is 367 g/mol. The first kappa shape index (κ1) is 14.8. The lowest BCUT2D eigenvalue weighted by Crippen LogP contribution is -2.63. The second-order valence-corrected chi connectivity index (χ2v) is 7.38. The summed E-state index contributed by atoms with van der Waals surface area (Å²) in [6, 6.07) is 2.13.